The highest BCUT2D eigenvalue weighted by molar-refractivity contribution is 6.18. The van der Waals surface area contributed by atoms with Crippen LogP contribution in [0.25, 0.3) is 0 Å². The largest absolute Gasteiger partial charge is 0.668 e. The Bertz CT molecular complexity index is 390. The molecule has 2 aliphatic rings. The van der Waals surface area contributed by atoms with Gasteiger partial charge in [-0.3, -0.25) is 0 Å². The molecule has 24 heavy (non-hydrogen) atoms. The first-order valence-electron chi connectivity index (χ1n) is 9.74. The second kappa shape index (κ2) is 10.7. The van der Waals surface area contributed by atoms with Crippen LogP contribution in [0.3, 0.4) is 0 Å². The third kappa shape index (κ3) is 5.66. The third-order valence-corrected chi connectivity index (χ3v) is 6.90. The number of hydrogen-bond donors (Lipinski definition) is 0. The van der Waals surface area contributed by atoms with E-state index in [-0.39, 0.29) is 24.0 Å². The lowest BCUT2D eigenvalue weighted by atomic mass is 9.78. The average molecular weight is 351 g/mol. The van der Waals surface area contributed by atoms with Gasteiger partial charge in [0.05, 0.1) is 0 Å². The van der Waals surface area contributed by atoms with Crippen molar-refractivity contribution in [3.8, 4) is 0 Å². The van der Waals surface area contributed by atoms with Crippen molar-refractivity contribution in [1.29, 1.82) is 0 Å². The maximum atomic E-state index is 11.4. The van der Waals surface area contributed by atoms with Gasteiger partial charge in [-0.15, -0.1) is 0 Å². The van der Waals surface area contributed by atoms with Crippen molar-refractivity contribution in [2.45, 2.75) is 83.8 Å². The second-order valence-corrected chi connectivity index (χ2v) is 8.34. The molecule has 0 spiro atoms. The van der Waals surface area contributed by atoms with Gasteiger partial charge in [0, 0.05) is 24.0 Å². The highest BCUT2D eigenvalue weighted by Crippen LogP contribution is 2.34. The first-order valence-corrected chi connectivity index (χ1v) is 10.7. The number of aldehydes is 2. The molecule has 6 atom stereocenters. The van der Waals surface area contributed by atoms with Gasteiger partial charge in [0.1, 0.15) is 12.6 Å². The second-order valence-electron chi connectivity index (χ2n) is 7.60. The molecule has 2 aliphatic carbocycles. The summed E-state index contributed by atoms with van der Waals surface area (Å²) in [5.74, 6) is 1.37. The van der Waals surface area contributed by atoms with E-state index in [2.05, 4.69) is 13.8 Å². The highest BCUT2D eigenvalue weighted by atomic mass is 27.2. The SMILES string of the molecule is CCCC1CCC([O][Al][O]C2CC(CC)CCC2C=O)C(C=O)C1. The molecule has 5 heteroatoms. The molecule has 4 nitrogen and oxygen atoms in total. The van der Waals surface area contributed by atoms with E-state index in [0.717, 1.165) is 57.5 Å². The summed E-state index contributed by atoms with van der Waals surface area (Å²) >= 11 is -0.599. The molecule has 1 radical (unpaired) electrons. The first kappa shape index (κ1) is 20.1. The smallest absolute Gasteiger partial charge is 0.481 e. The van der Waals surface area contributed by atoms with E-state index in [1.165, 1.54) is 12.8 Å². The van der Waals surface area contributed by atoms with Crippen LogP contribution in [-0.2, 0) is 17.2 Å². The Morgan fingerprint density at radius 3 is 2.25 bits per heavy atom. The van der Waals surface area contributed by atoms with Gasteiger partial charge in [-0.1, -0.05) is 33.1 Å². The van der Waals surface area contributed by atoms with E-state index < -0.39 is 15.9 Å². The Morgan fingerprint density at radius 2 is 1.58 bits per heavy atom. The van der Waals surface area contributed by atoms with Crippen molar-refractivity contribution in [3.63, 3.8) is 0 Å². The fraction of sp³-hybridized carbons (Fsp3) is 0.895. The Morgan fingerprint density at radius 1 is 0.875 bits per heavy atom. The molecule has 0 heterocycles. The van der Waals surface area contributed by atoms with Crippen LogP contribution in [0.5, 0.6) is 0 Å². The summed E-state index contributed by atoms with van der Waals surface area (Å²) in [6.07, 6.45) is 11.8. The lowest BCUT2D eigenvalue weighted by molar-refractivity contribution is -0.116. The molecule has 135 valence electrons. The van der Waals surface area contributed by atoms with Gasteiger partial charge in [-0.25, -0.2) is 0 Å². The highest BCUT2D eigenvalue weighted by Gasteiger charge is 2.33. The molecule has 0 N–H and O–H groups in total. The van der Waals surface area contributed by atoms with Crippen molar-refractivity contribution in [2.75, 3.05) is 0 Å². The maximum absolute atomic E-state index is 11.4. The fourth-order valence-electron chi connectivity index (χ4n) is 4.34. The lowest BCUT2D eigenvalue weighted by Crippen LogP contribution is -2.37. The monoisotopic (exact) mass is 351 g/mol. The van der Waals surface area contributed by atoms with Crippen LogP contribution in [0.4, 0.5) is 0 Å². The molecular weight excluding hydrogens is 319 g/mol. The molecule has 0 amide bonds. The molecular formula is C19H32AlO4. The van der Waals surface area contributed by atoms with Gasteiger partial charge in [0.15, 0.2) is 0 Å². The Kier molecular flexibility index (Phi) is 8.97. The van der Waals surface area contributed by atoms with Gasteiger partial charge < -0.3 is 17.2 Å². The quantitative estimate of drug-likeness (QED) is 0.469. The third-order valence-electron chi connectivity index (χ3n) is 5.98. The Balaban J connectivity index is 1.77. The van der Waals surface area contributed by atoms with Crippen LogP contribution in [-0.4, -0.2) is 40.7 Å². The topological polar surface area (TPSA) is 52.6 Å². The van der Waals surface area contributed by atoms with E-state index in [4.69, 9.17) is 7.58 Å². The molecule has 2 fully saturated rings. The zero-order valence-corrected chi connectivity index (χ0v) is 16.3. The van der Waals surface area contributed by atoms with Crippen LogP contribution in [0.1, 0.15) is 71.6 Å². The van der Waals surface area contributed by atoms with Gasteiger partial charge in [-0.2, -0.15) is 0 Å². The van der Waals surface area contributed by atoms with Crippen molar-refractivity contribution in [3.05, 3.63) is 0 Å². The molecule has 2 rings (SSSR count). The van der Waals surface area contributed by atoms with Gasteiger partial charge >= 0.3 is 15.9 Å². The summed E-state index contributed by atoms with van der Waals surface area (Å²) in [4.78, 5) is 22.7. The standard InChI is InChI=1S/C10H17O2.C9H15O2.Al/c1-2-3-8-4-5-10(12)9(6-8)7-11;1-2-7-3-4-8(6-10)9(11)5-7;/h7-10H,2-6H2,1H3;6-9H,2-5H2,1H3;/q2*-1;+2. The molecule has 0 aliphatic heterocycles. The molecule has 0 aromatic carbocycles. The normalized spacial score (nSPS) is 36.9. The van der Waals surface area contributed by atoms with Crippen LogP contribution >= 0.6 is 0 Å². The van der Waals surface area contributed by atoms with E-state index in [1.807, 2.05) is 0 Å². The van der Waals surface area contributed by atoms with Gasteiger partial charge in [0.25, 0.3) is 0 Å². The van der Waals surface area contributed by atoms with E-state index in [0.29, 0.717) is 11.8 Å². The average Bonchev–Trinajstić information content (AvgIpc) is 2.62. The summed E-state index contributed by atoms with van der Waals surface area (Å²) in [5, 5.41) is 0. The zero-order valence-electron chi connectivity index (χ0n) is 15.2. The lowest BCUT2D eigenvalue weighted by Gasteiger charge is -2.36. The molecule has 6 unspecified atom stereocenters. The van der Waals surface area contributed by atoms with E-state index in [1.54, 1.807) is 0 Å². The Labute approximate surface area is 153 Å². The van der Waals surface area contributed by atoms with Crippen molar-refractivity contribution < 1.29 is 17.2 Å². The van der Waals surface area contributed by atoms with Gasteiger partial charge in [-0.05, 0) is 50.4 Å². The minimum atomic E-state index is -0.599. The Hall–Kier alpha value is -0.208. The van der Waals surface area contributed by atoms with E-state index >= 15 is 0 Å². The van der Waals surface area contributed by atoms with Crippen LogP contribution < -0.4 is 0 Å². The zero-order chi connectivity index (χ0) is 17.4. The summed E-state index contributed by atoms with van der Waals surface area (Å²) in [5.41, 5.74) is 0. The summed E-state index contributed by atoms with van der Waals surface area (Å²) < 4.78 is 12.0. The minimum Gasteiger partial charge on any atom is -0.481 e. The minimum absolute atomic E-state index is 0.0160. The molecule has 2 saturated carbocycles. The first-order chi connectivity index (χ1) is 11.7. The molecule has 0 aromatic rings. The predicted molar refractivity (Wildman–Crippen MR) is 94.5 cm³/mol. The summed E-state index contributed by atoms with van der Waals surface area (Å²) in [7, 11) is 0. The molecule has 0 aromatic heterocycles. The predicted octanol–water partition coefficient (Wildman–Crippen LogP) is 3.73. The van der Waals surface area contributed by atoms with Crippen LogP contribution in [0.2, 0.25) is 0 Å². The van der Waals surface area contributed by atoms with Crippen LogP contribution in [0.15, 0.2) is 0 Å². The number of carbonyl (C=O) groups is 2. The molecule has 0 bridgehead atoms. The number of carbonyl (C=O) groups excluding carboxylic acids is 2. The molecule has 0 saturated heterocycles. The van der Waals surface area contributed by atoms with E-state index in [9.17, 15) is 9.59 Å². The summed E-state index contributed by atoms with van der Waals surface area (Å²) in [6, 6.07) is 0. The maximum Gasteiger partial charge on any atom is 0.668 e. The van der Waals surface area contributed by atoms with Crippen molar-refractivity contribution in [2.24, 2.45) is 23.7 Å². The fourth-order valence-corrected chi connectivity index (χ4v) is 5.34. The van der Waals surface area contributed by atoms with Crippen LogP contribution in [0, 0.1) is 23.7 Å². The van der Waals surface area contributed by atoms with Crippen molar-refractivity contribution in [1.82, 2.24) is 0 Å². The number of hydrogen-bond acceptors (Lipinski definition) is 4. The number of rotatable bonds is 9. The summed E-state index contributed by atoms with van der Waals surface area (Å²) in [6.45, 7) is 4.41. The van der Waals surface area contributed by atoms with Gasteiger partial charge in [0.2, 0.25) is 0 Å². The van der Waals surface area contributed by atoms with Crippen molar-refractivity contribution >= 4 is 28.5 Å².